The van der Waals surface area contributed by atoms with Crippen LogP contribution in [0.5, 0.6) is 11.5 Å². The van der Waals surface area contributed by atoms with Crippen LogP contribution in [0.1, 0.15) is 43.2 Å². The lowest BCUT2D eigenvalue weighted by Crippen LogP contribution is -2.52. The van der Waals surface area contributed by atoms with Crippen LogP contribution in [0.25, 0.3) is 11.3 Å². The van der Waals surface area contributed by atoms with Crippen molar-refractivity contribution in [3.05, 3.63) is 124 Å². The molecule has 2 aromatic heterocycles. The highest BCUT2D eigenvalue weighted by Crippen LogP contribution is 2.36. The standard InChI is InChI=1S/C41H39ClN6O5/c1-26-34(41(51)48(30-9-11-32(49)12-10-30)39-15-14-38(52-3)36(23-43)44-39)22-37(45(26)2)35-21-29(42)8-13-33(35)40(50)47-24-28-7-5-4-6-27(28)20-31(47)25-46-16-18-53-19-17-46/h4-15,21-22,31,49H,16-20,24-25H2,1-3H3/t31-/m0/s1. The summed E-state index contributed by atoms with van der Waals surface area (Å²) in [6, 6.07) is 26.6. The van der Waals surface area contributed by atoms with Gasteiger partial charge in [-0.3, -0.25) is 19.4 Å². The summed E-state index contributed by atoms with van der Waals surface area (Å²) < 4.78 is 12.8. The molecule has 5 aromatic rings. The number of nitrogens with zero attached hydrogens (tertiary/aromatic N) is 6. The molecule has 0 spiro atoms. The van der Waals surface area contributed by atoms with Gasteiger partial charge < -0.3 is 24.0 Å². The Balaban J connectivity index is 1.29. The molecule has 270 valence electrons. The lowest BCUT2D eigenvalue weighted by Gasteiger charge is -2.40. The first-order chi connectivity index (χ1) is 25.7. The van der Waals surface area contributed by atoms with Crippen molar-refractivity contribution in [1.82, 2.24) is 19.4 Å². The predicted molar refractivity (Wildman–Crippen MR) is 202 cm³/mol. The average Bonchev–Trinajstić information content (AvgIpc) is 3.48. The smallest absolute Gasteiger partial charge is 0.265 e. The van der Waals surface area contributed by atoms with Gasteiger partial charge in [-0.2, -0.15) is 5.26 Å². The van der Waals surface area contributed by atoms with Crippen molar-refractivity contribution in [2.24, 2.45) is 7.05 Å². The summed E-state index contributed by atoms with van der Waals surface area (Å²) in [5.74, 6) is -0.0477. The number of benzene rings is 3. The molecule has 1 N–H and O–H groups in total. The van der Waals surface area contributed by atoms with Gasteiger partial charge in [-0.1, -0.05) is 35.9 Å². The van der Waals surface area contributed by atoms with Crippen molar-refractivity contribution >= 4 is 34.9 Å². The normalized spacial score (nSPS) is 15.8. The molecule has 7 rings (SSSR count). The molecule has 0 radical (unpaired) electrons. The number of hydrogen-bond donors (Lipinski definition) is 1. The highest BCUT2D eigenvalue weighted by molar-refractivity contribution is 6.31. The molecule has 53 heavy (non-hydrogen) atoms. The van der Waals surface area contributed by atoms with Gasteiger partial charge in [0.15, 0.2) is 11.4 Å². The number of aromatic hydroxyl groups is 1. The third kappa shape index (κ3) is 7.09. The molecule has 1 atom stereocenters. The maximum absolute atomic E-state index is 14.8. The molecule has 0 bridgehead atoms. The van der Waals surface area contributed by atoms with Crippen LogP contribution in [0, 0.1) is 18.3 Å². The number of hydrogen-bond acceptors (Lipinski definition) is 8. The third-order valence-corrected chi connectivity index (χ3v) is 10.4. The van der Waals surface area contributed by atoms with E-state index in [4.69, 9.17) is 21.1 Å². The van der Waals surface area contributed by atoms with Crippen molar-refractivity contribution in [3.63, 3.8) is 0 Å². The van der Waals surface area contributed by atoms with E-state index in [1.54, 1.807) is 48.5 Å². The summed E-state index contributed by atoms with van der Waals surface area (Å²) in [7, 11) is 3.29. The highest BCUT2D eigenvalue weighted by atomic mass is 35.5. The minimum atomic E-state index is -0.426. The number of halogens is 1. The predicted octanol–water partition coefficient (Wildman–Crippen LogP) is 6.51. The maximum Gasteiger partial charge on any atom is 0.265 e. The summed E-state index contributed by atoms with van der Waals surface area (Å²) in [4.78, 5) is 39.7. The Bertz CT molecular complexity index is 2220. The van der Waals surface area contributed by atoms with Crippen LogP contribution in [0.2, 0.25) is 5.02 Å². The molecule has 0 saturated carbocycles. The number of nitriles is 1. The molecule has 3 aromatic carbocycles. The van der Waals surface area contributed by atoms with E-state index in [-0.39, 0.29) is 35.0 Å². The number of amides is 2. The summed E-state index contributed by atoms with van der Waals surface area (Å²) >= 11 is 6.63. The van der Waals surface area contributed by atoms with E-state index in [9.17, 15) is 20.0 Å². The fourth-order valence-corrected chi connectivity index (χ4v) is 7.37. The van der Waals surface area contributed by atoms with Crippen LogP contribution in [0.4, 0.5) is 11.5 Å². The third-order valence-electron chi connectivity index (χ3n) is 10.2. The van der Waals surface area contributed by atoms with Gasteiger partial charge in [-0.15, -0.1) is 0 Å². The van der Waals surface area contributed by atoms with Gasteiger partial charge in [0.25, 0.3) is 11.8 Å². The van der Waals surface area contributed by atoms with E-state index in [2.05, 4.69) is 22.0 Å². The number of carbonyl (C=O) groups excluding carboxylic acids is 2. The molecule has 0 aliphatic carbocycles. The summed E-state index contributed by atoms with van der Waals surface area (Å²) in [6.07, 6.45) is 0.740. The Labute approximate surface area is 313 Å². The first-order valence-electron chi connectivity index (χ1n) is 17.4. The Kier molecular flexibility index (Phi) is 10.2. The van der Waals surface area contributed by atoms with Crippen molar-refractivity contribution in [1.29, 1.82) is 5.26 Å². The second-order valence-corrected chi connectivity index (χ2v) is 13.7. The zero-order valence-electron chi connectivity index (χ0n) is 29.8. The van der Waals surface area contributed by atoms with Gasteiger partial charge in [-0.05, 0) is 85.1 Å². The quantitative estimate of drug-likeness (QED) is 0.192. The van der Waals surface area contributed by atoms with Crippen LogP contribution in [0.15, 0.2) is 84.9 Å². The summed E-state index contributed by atoms with van der Waals surface area (Å²) in [5.41, 5.74) is 5.51. The van der Waals surface area contributed by atoms with E-state index >= 15 is 0 Å². The fourth-order valence-electron chi connectivity index (χ4n) is 7.20. The SMILES string of the molecule is COc1ccc(N(C(=O)c2cc(-c3cc(Cl)ccc3C(=O)N3Cc4ccccc4C[C@H]3CN3CCOCC3)n(C)c2C)c2ccc(O)cc2)nc1C#N. The number of pyridine rings is 1. The number of phenolic OH excluding ortho intramolecular Hbond substituents is 1. The van der Waals surface area contributed by atoms with Gasteiger partial charge in [0.05, 0.1) is 31.6 Å². The number of ether oxygens (including phenoxy) is 2. The highest BCUT2D eigenvalue weighted by Gasteiger charge is 2.34. The Morgan fingerprint density at radius 2 is 1.75 bits per heavy atom. The van der Waals surface area contributed by atoms with Crippen LogP contribution < -0.4 is 9.64 Å². The number of rotatable bonds is 8. The maximum atomic E-state index is 14.8. The fraction of sp³-hybridized carbons (Fsp3) is 0.268. The number of aromatic nitrogens is 2. The molecule has 11 nitrogen and oxygen atoms in total. The van der Waals surface area contributed by atoms with Crippen molar-refractivity contribution in [2.45, 2.75) is 25.9 Å². The van der Waals surface area contributed by atoms with Gasteiger partial charge >= 0.3 is 0 Å². The van der Waals surface area contributed by atoms with Crippen LogP contribution in [-0.4, -0.2) is 82.3 Å². The van der Waals surface area contributed by atoms with E-state index < -0.39 is 5.91 Å². The molecule has 12 heteroatoms. The zero-order chi connectivity index (χ0) is 37.2. The van der Waals surface area contributed by atoms with Gasteiger partial charge in [0.1, 0.15) is 17.6 Å². The molecule has 2 aliphatic heterocycles. The summed E-state index contributed by atoms with van der Waals surface area (Å²) in [5, 5.41) is 20.3. The van der Waals surface area contributed by atoms with E-state index in [0.717, 1.165) is 31.6 Å². The second kappa shape index (κ2) is 15.1. The van der Waals surface area contributed by atoms with Crippen LogP contribution in [-0.2, 0) is 24.8 Å². The number of phenols is 1. The largest absolute Gasteiger partial charge is 0.508 e. The second-order valence-electron chi connectivity index (χ2n) is 13.2. The number of fused-ring (bicyclic) bond motifs is 1. The van der Waals surface area contributed by atoms with Crippen molar-refractivity contribution < 1.29 is 24.2 Å². The van der Waals surface area contributed by atoms with Gasteiger partial charge in [-0.25, -0.2) is 4.98 Å². The van der Waals surface area contributed by atoms with Crippen LogP contribution >= 0.6 is 11.6 Å². The minimum absolute atomic E-state index is 0.0152. The monoisotopic (exact) mass is 730 g/mol. The molecule has 4 heterocycles. The molecule has 1 saturated heterocycles. The molecule has 2 aliphatic rings. The lowest BCUT2D eigenvalue weighted by molar-refractivity contribution is 0.0193. The van der Waals surface area contributed by atoms with Crippen molar-refractivity contribution in [2.75, 3.05) is 44.9 Å². The van der Waals surface area contributed by atoms with E-state index in [1.807, 2.05) is 41.6 Å². The van der Waals surface area contributed by atoms with Crippen LogP contribution in [0.3, 0.4) is 0 Å². The van der Waals surface area contributed by atoms with E-state index in [1.165, 1.54) is 29.7 Å². The van der Waals surface area contributed by atoms with E-state index in [0.29, 0.717) is 58.5 Å². The molecular formula is C41H39ClN6O5. The Morgan fingerprint density at radius 3 is 2.47 bits per heavy atom. The molecule has 1 fully saturated rings. The average molecular weight is 731 g/mol. The number of methoxy groups -OCH3 is 1. The molecular weight excluding hydrogens is 692 g/mol. The lowest BCUT2D eigenvalue weighted by atomic mass is 9.92. The van der Waals surface area contributed by atoms with Crippen molar-refractivity contribution in [3.8, 4) is 28.8 Å². The Hall–Kier alpha value is -5.67. The first kappa shape index (κ1) is 35.7. The zero-order valence-corrected chi connectivity index (χ0v) is 30.5. The number of anilines is 2. The van der Waals surface area contributed by atoms with Gasteiger partial charge in [0.2, 0.25) is 0 Å². The molecule has 2 amide bonds. The topological polar surface area (TPSA) is 124 Å². The number of morpholine rings is 1. The van der Waals surface area contributed by atoms with Gasteiger partial charge in [0, 0.05) is 66.8 Å². The molecule has 0 unspecified atom stereocenters. The Morgan fingerprint density at radius 1 is 1.02 bits per heavy atom. The number of carbonyl (C=O) groups is 2. The first-order valence-corrected chi connectivity index (χ1v) is 17.8. The minimum Gasteiger partial charge on any atom is -0.508 e. The summed E-state index contributed by atoms with van der Waals surface area (Å²) in [6.45, 7) is 6.01.